The lowest BCUT2D eigenvalue weighted by Gasteiger charge is -2.30. The van der Waals surface area contributed by atoms with Gasteiger partial charge in [0.15, 0.2) is 10.8 Å². The minimum absolute atomic E-state index is 0.0234. The molecule has 0 atom stereocenters. The van der Waals surface area contributed by atoms with Crippen LogP contribution in [-0.2, 0) is 22.7 Å². The quantitative estimate of drug-likeness (QED) is 0.517. The van der Waals surface area contributed by atoms with Crippen LogP contribution in [-0.4, -0.2) is 46.0 Å². The molecule has 4 rings (SSSR count). The molecule has 0 saturated carbocycles. The van der Waals surface area contributed by atoms with Gasteiger partial charge < -0.3 is 15.5 Å². The molecule has 0 aromatic carbocycles. The number of fused-ring (bicyclic) bond motifs is 1. The molecule has 0 aliphatic carbocycles. The first-order chi connectivity index (χ1) is 15.5. The van der Waals surface area contributed by atoms with Crippen molar-refractivity contribution in [2.75, 3.05) is 24.5 Å². The Morgan fingerprint density at radius 2 is 2.06 bits per heavy atom. The van der Waals surface area contributed by atoms with Gasteiger partial charge in [0, 0.05) is 30.4 Å². The van der Waals surface area contributed by atoms with Crippen molar-refractivity contribution >= 4 is 50.0 Å². The number of carbonyl (C=O) groups is 2. The molecule has 0 spiro atoms. The summed E-state index contributed by atoms with van der Waals surface area (Å²) in [5.41, 5.74) is 0.131. The molecular formula is C21H26N6O3S2. The van der Waals surface area contributed by atoms with Crippen LogP contribution in [0.15, 0.2) is 28.6 Å². The second-order valence-corrected chi connectivity index (χ2v) is 9.75. The first kappa shape index (κ1) is 22.4. The topological polar surface area (TPSA) is 109 Å². The van der Waals surface area contributed by atoms with E-state index >= 15 is 0 Å². The summed E-state index contributed by atoms with van der Waals surface area (Å²) in [4.78, 5) is 49.3. The number of amides is 2. The number of thiazole rings is 1. The van der Waals surface area contributed by atoms with Gasteiger partial charge >= 0.3 is 0 Å². The Hall–Kier alpha value is -2.79. The Labute approximate surface area is 193 Å². The van der Waals surface area contributed by atoms with Gasteiger partial charge in [-0.15, -0.1) is 11.3 Å². The van der Waals surface area contributed by atoms with Crippen molar-refractivity contribution in [1.29, 1.82) is 0 Å². The summed E-state index contributed by atoms with van der Waals surface area (Å²) in [5.74, 6) is -0.0947. The summed E-state index contributed by atoms with van der Waals surface area (Å²) in [7, 11) is 0. The second-order valence-electron chi connectivity index (χ2n) is 7.74. The number of carbonyl (C=O) groups excluding carboxylic acids is 2. The molecule has 170 valence electrons. The lowest BCUT2D eigenvalue weighted by molar-refractivity contribution is -0.125. The number of anilines is 1. The third-order valence-corrected chi connectivity index (χ3v) is 7.38. The van der Waals surface area contributed by atoms with Crippen LogP contribution < -0.4 is 21.1 Å². The van der Waals surface area contributed by atoms with Gasteiger partial charge in [-0.1, -0.05) is 24.3 Å². The van der Waals surface area contributed by atoms with Gasteiger partial charge in [-0.2, -0.15) is 4.98 Å². The van der Waals surface area contributed by atoms with E-state index in [4.69, 9.17) is 0 Å². The van der Waals surface area contributed by atoms with Crippen LogP contribution in [0.1, 0.15) is 31.1 Å². The number of rotatable bonds is 8. The van der Waals surface area contributed by atoms with E-state index in [0.29, 0.717) is 36.5 Å². The summed E-state index contributed by atoms with van der Waals surface area (Å²) < 4.78 is 1.76. The lowest BCUT2D eigenvalue weighted by atomic mass is 9.96. The van der Waals surface area contributed by atoms with Gasteiger partial charge in [-0.25, -0.2) is 4.98 Å². The number of piperidine rings is 1. The maximum atomic E-state index is 12.9. The van der Waals surface area contributed by atoms with Crippen LogP contribution in [0.3, 0.4) is 0 Å². The fraction of sp³-hybridized carbons (Fsp3) is 0.476. The van der Waals surface area contributed by atoms with Crippen molar-refractivity contribution in [1.82, 2.24) is 25.2 Å². The summed E-state index contributed by atoms with van der Waals surface area (Å²) in [6.45, 7) is 4.53. The van der Waals surface area contributed by atoms with E-state index < -0.39 is 0 Å². The molecule has 9 nitrogen and oxygen atoms in total. The van der Waals surface area contributed by atoms with Gasteiger partial charge in [0.05, 0.1) is 6.54 Å². The van der Waals surface area contributed by atoms with Crippen LogP contribution in [0.2, 0.25) is 0 Å². The van der Waals surface area contributed by atoms with E-state index in [1.54, 1.807) is 11.3 Å². The van der Waals surface area contributed by atoms with E-state index in [1.807, 2.05) is 24.4 Å². The molecular weight excluding hydrogens is 448 g/mol. The zero-order valence-electron chi connectivity index (χ0n) is 17.9. The number of aromatic nitrogens is 3. The molecule has 2 amide bonds. The molecule has 0 unspecified atom stereocenters. The zero-order valence-corrected chi connectivity index (χ0v) is 19.5. The molecule has 1 saturated heterocycles. The first-order valence-electron chi connectivity index (χ1n) is 10.7. The summed E-state index contributed by atoms with van der Waals surface area (Å²) >= 11 is 2.86. The molecule has 1 fully saturated rings. The Kier molecular flexibility index (Phi) is 7.15. The highest BCUT2D eigenvalue weighted by Crippen LogP contribution is 2.29. The Morgan fingerprint density at radius 1 is 1.25 bits per heavy atom. The molecule has 3 aromatic heterocycles. The standard InChI is InChI=1S/C21H26N6O3S2/c1-2-7-22-19(29)14-5-8-26(9-6-14)21-25-18-17(32-21)20(30)27(13-24-18)12-16(28)23-11-15-4-3-10-31-15/h3-4,10,13-14H,2,5-9,11-12H2,1H3,(H,22,29)(H,23,28). The highest BCUT2D eigenvalue weighted by Gasteiger charge is 2.26. The molecule has 1 aliphatic rings. The van der Waals surface area contributed by atoms with Crippen molar-refractivity contribution in [3.8, 4) is 0 Å². The average molecular weight is 475 g/mol. The minimum atomic E-state index is -0.265. The highest BCUT2D eigenvalue weighted by atomic mass is 32.1. The van der Waals surface area contributed by atoms with Crippen molar-refractivity contribution in [3.05, 3.63) is 39.1 Å². The van der Waals surface area contributed by atoms with Crippen molar-refractivity contribution < 1.29 is 9.59 Å². The lowest BCUT2D eigenvalue weighted by Crippen LogP contribution is -2.40. The number of nitrogens with one attached hydrogen (secondary N) is 2. The molecule has 3 aromatic rings. The molecule has 4 heterocycles. The fourth-order valence-corrected chi connectivity index (χ4v) is 5.28. The van der Waals surface area contributed by atoms with Crippen LogP contribution in [0.5, 0.6) is 0 Å². The van der Waals surface area contributed by atoms with E-state index in [9.17, 15) is 14.4 Å². The van der Waals surface area contributed by atoms with Gasteiger partial charge in [-0.05, 0) is 30.7 Å². The Bertz CT molecular complexity index is 1130. The van der Waals surface area contributed by atoms with Crippen LogP contribution in [0, 0.1) is 5.92 Å². The van der Waals surface area contributed by atoms with Gasteiger partial charge in [0.25, 0.3) is 5.56 Å². The van der Waals surface area contributed by atoms with Crippen LogP contribution in [0.4, 0.5) is 5.13 Å². The molecule has 2 N–H and O–H groups in total. The first-order valence-corrected chi connectivity index (χ1v) is 12.4. The monoisotopic (exact) mass is 474 g/mol. The molecule has 0 radical (unpaired) electrons. The van der Waals surface area contributed by atoms with Crippen molar-refractivity contribution in [2.24, 2.45) is 5.92 Å². The SMILES string of the molecule is CCCNC(=O)C1CCN(c2nc3ncn(CC(=O)NCc4cccs4)c(=O)c3s2)CC1. The summed E-state index contributed by atoms with van der Waals surface area (Å²) in [6, 6.07) is 3.88. The second kappa shape index (κ2) is 10.2. The Balaban J connectivity index is 1.39. The third kappa shape index (κ3) is 5.16. The highest BCUT2D eigenvalue weighted by molar-refractivity contribution is 7.22. The van der Waals surface area contributed by atoms with E-state index in [2.05, 4.69) is 25.5 Å². The minimum Gasteiger partial charge on any atom is -0.356 e. The van der Waals surface area contributed by atoms with E-state index in [-0.39, 0.29) is 29.8 Å². The summed E-state index contributed by atoms with van der Waals surface area (Å²) in [5, 5.41) is 8.48. The predicted molar refractivity (Wildman–Crippen MR) is 126 cm³/mol. The van der Waals surface area contributed by atoms with E-state index in [0.717, 1.165) is 29.3 Å². The maximum Gasteiger partial charge on any atom is 0.273 e. The Morgan fingerprint density at radius 3 is 2.78 bits per heavy atom. The van der Waals surface area contributed by atoms with Crippen LogP contribution in [0.25, 0.3) is 10.3 Å². The largest absolute Gasteiger partial charge is 0.356 e. The maximum absolute atomic E-state index is 12.9. The van der Waals surface area contributed by atoms with Crippen molar-refractivity contribution in [2.45, 2.75) is 39.3 Å². The normalized spacial score (nSPS) is 14.6. The van der Waals surface area contributed by atoms with Crippen molar-refractivity contribution in [3.63, 3.8) is 0 Å². The van der Waals surface area contributed by atoms with Gasteiger partial charge in [0.2, 0.25) is 11.8 Å². The van der Waals surface area contributed by atoms with Gasteiger partial charge in [-0.3, -0.25) is 19.0 Å². The number of hydrogen-bond acceptors (Lipinski definition) is 8. The number of hydrogen-bond donors (Lipinski definition) is 2. The molecule has 1 aliphatic heterocycles. The number of nitrogens with zero attached hydrogens (tertiary/aromatic N) is 4. The smallest absolute Gasteiger partial charge is 0.273 e. The molecule has 32 heavy (non-hydrogen) atoms. The van der Waals surface area contributed by atoms with E-state index in [1.165, 1.54) is 22.2 Å². The average Bonchev–Trinajstić information content (AvgIpc) is 3.48. The molecule has 11 heteroatoms. The third-order valence-electron chi connectivity index (χ3n) is 5.41. The zero-order chi connectivity index (χ0) is 22.5. The number of thiophene rings is 1. The van der Waals surface area contributed by atoms with Gasteiger partial charge in [0.1, 0.15) is 17.6 Å². The predicted octanol–water partition coefficient (Wildman–Crippen LogP) is 1.97. The fourth-order valence-electron chi connectivity index (χ4n) is 3.62. The molecule has 0 bridgehead atoms. The summed E-state index contributed by atoms with van der Waals surface area (Å²) in [6.07, 6.45) is 3.82. The van der Waals surface area contributed by atoms with Crippen LogP contribution >= 0.6 is 22.7 Å².